The zero-order valence-corrected chi connectivity index (χ0v) is 16.6. The van der Waals surface area contributed by atoms with Crippen molar-refractivity contribution in [3.63, 3.8) is 0 Å². The van der Waals surface area contributed by atoms with Crippen LogP contribution in [0.4, 0.5) is 0 Å². The maximum atomic E-state index is 11.5. The number of hydrogen-bond donors (Lipinski definition) is 3. The largest absolute Gasteiger partial charge is 0.357 e. The molecule has 0 aromatic heterocycles. The second kappa shape index (κ2) is 14.1. The van der Waals surface area contributed by atoms with Gasteiger partial charge in [0, 0.05) is 25.0 Å². The van der Waals surface area contributed by atoms with Gasteiger partial charge in [0.05, 0.1) is 6.54 Å². The normalized spacial score (nSPS) is 13.2. The van der Waals surface area contributed by atoms with E-state index in [0.717, 1.165) is 38.6 Å². The van der Waals surface area contributed by atoms with Crippen molar-refractivity contribution in [2.75, 3.05) is 39.3 Å². The first-order valence-corrected chi connectivity index (χ1v) is 9.49. The van der Waals surface area contributed by atoms with E-state index in [1.54, 1.807) is 0 Å². The maximum Gasteiger partial charge on any atom is 0.222 e. The molecule has 1 unspecified atom stereocenters. The molecule has 0 fully saturated rings. The van der Waals surface area contributed by atoms with Gasteiger partial charge in [-0.25, -0.2) is 0 Å². The Morgan fingerprint density at radius 1 is 1.08 bits per heavy atom. The lowest BCUT2D eigenvalue weighted by atomic mass is 10.2. The van der Waals surface area contributed by atoms with Gasteiger partial charge >= 0.3 is 0 Å². The Morgan fingerprint density at radius 3 is 2.29 bits per heavy atom. The van der Waals surface area contributed by atoms with Gasteiger partial charge in [-0.2, -0.15) is 0 Å². The van der Waals surface area contributed by atoms with E-state index in [-0.39, 0.29) is 11.8 Å². The van der Waals surface area contributed by atoms with Crippen molar-refractivity contribution < 1.29 is 4.79 Å². The first kappa shape index (κ1) is 22.7. The number of carbonyl (C=O) groups excluding carboxylic acids is 1. The van der Waals surface area contributed by atoms with Crippen LogP contribution in [0.1, 0.15) is 54.4 Å². The fourth-order valence-corrected chi connectivity index (χ4v) is 2.34. The first-order chi connectivity index (χ1) is 11.4. The molecule has 1 amide bonds. The molecule has 0 rings (SSSR count). The third-order valence-corrected chi connectivity index (χ3v) is 3.94. The Balaban J connectivity index is 4.15. The number of nitrogens with zero attached hydrogens (tertiary/aromatic N) is 2. The van der Waals surface area contributed by atoms with Gasteiger partial charge in [0.15, 0.2) is 5.96 Å². The van der Waals surface area contributed by atoms with Crippen LogP contribution in [-0.2, 0) is 4.79 Å². The highest BCUT2D eigenvalue weighted by molar-refractivity contribution is 5.80. The Hall–Kier alpha value is -1.30. The minimum absolute atomic E-state index is 0.0196. The third-order valence-electron chi connectivity index (χ3n) is 3.94. The zero-order valence-electron chi connectivity index (χ0n) is 16.6. The molecule has 0 heterocycles. The highest BCUT2D eigenvalue weighted by Gasteiger charge is 2.07. The standard InChI is InChI=1S/C18H39N5O/c1-7-19-18(21-13-12-20-17(24)15(4)5)22-16(6)11-10-14-23(8-2)9-3/h15-16H,7-14H2,1-6H3,(H,20,24)(H2,19,21,22). The number of carbonyl (C=O) groups is 1. The smallest absolute Gasteiger partial charge is 0.222 e. The molecule has 0 aliphatic heterocycles. The van der Waals surface area contributed by atoms with Crippen molar-refractivity contribution in [1.82, 2.24) is 20.9 Å². The van der Waals surface area contributed by atoms with Gasteiger partial charge in [0.25, 0.3) is 0 Å². The maximum absolute atomic E-state index is 11.5. The summed E-state index contributed by atoms with van der Waals surface area (Å²) < 4.78 is 0. The third kappa shape index (κ3) is 11.3. The molecule has 6 nitrogen and oxygen atoms in total. The summed E-state index contributed by atoms with van der Waals surface area (Å²) in [5.74, 6) is 0.922. The van der Waals surface area contributed by atoms with Crippen LogP contribution >= 0.6 is 0 Å². The molecule has 0 aromatic carbocycles. The first-order valence-electron chi connectivity index (χ1n) is 9.49. The second-order valence-corrected chi connectivity index (χ2v) is 6.42. The number of hydrogen-bond acceptors (Lipinski definition) is 3. The number of guanidine groups is 1. The van der Waals surface area contributed by atoms with E-state index in [2.05, 4.69) is 53.5 Å². The van der Waals surface area contributed by atoms with Crippen molar-refractivity contribution >= 4 is 11.9 Å². The van der Waals surface area contributed by atoms with E-state index in [4.69, 9.17) is 0 Å². The number of nitrogens with one attached hydrogen (secondary N) is 3. The van der Waals surface area contributed by atoms with Gasteiger partial charge in [-0.15, -0.1) is 0 Å². The van der Waals surface area contributed by atoms with Gasteiger partial charge in [0.1, 0.15) is 0 Å². The van der Waals surface area contributed by atoms with E-state index < -0.39 is 0 Å². The summed E-state index contributed by atoms with van der Waals surface area (Å²) in [6.45, 7) is 17.8. The van der Waals surface area contributed by atoms with Crippen LogP contribution in [0.5, 0.6) is 0 Å². The zero-order chi connectivity index (χ0) is 18.4. The van der Waals surface area contributed by atoms with E-state index in [1.807, 2.05) is 13.8 Å². The summed E-state index contributed by atoms with van der Waals surface area (Å²) in [4.78, 5) is 18.5. The minimum Gasteiger partial charge on any atom is -0.357 e. The van der Waals surface area contributed by atoms with E-state index >= 15 is 0 Å². The lowest BCUT2D eigenvalue weighted by Crippen LogP contribution is -2.43. The summed E-state index contributed by atoms with van der Waals surface area (Å²) in [6, 6.07) is 0.378. The quantitative estimate of drug-likeness (QED) is 0.288. The highest BCUT2D eigenvalue weighted by Crippen LogP contribution is 1.99. The Kier molecular flexibility index (Phi) is 13.3. The summed E-state index contributed by atoms with van der Waals surface area (Å²) in [6.07, 6.45) is 2.30. The molecule has 0 saturated heterocycles. The highest BCUT2D eigenvalue weighted by atomic mass is 16.1. The molecular weight excluding hydrogens is 302 g/mol. The molecule has 0 radical (unpaired) electrons. The summed E-state index contributed by atoms with van der Waals surface area (Å²) in [7, 11) is 0. The van der Waals surface area contributed by atoms with Crippen LogP contribution in [0.2, 0.25) is 0 Å². The summed E-state index contributed by atoms with van der Waals surface area (Å²) in [5, 5.41) is 9.59. The van der Waals surface area contributed by atoms with Crippen LogP contribution in [0, 0.1) is 5.92 Å². The molecule has 24 heavy (non-hydrogen) atoms. The minimum atomic E-state index is 0.0196. The van der Waals surface area contributed by atoms with Crippen LogP contribution in [0.25, 0.3) is 0 Å². The molecular formula is C18H39N5O. The van der Waals surface area contributed by atoms with E-state index in [1.165, 1.54) is 6.42 Å². The molecule has 0 saturated carbocycles. The van der Waals surface area contributed by atoms with Gasteiger partial charge in [0.2, 0.25) is 5.91 Å². The molecule has 0 aromatic rings. The average molecular weight is 342 g/mol. The monoisotopic (exact) mass is 341 g/mol. The van der Waals surface area contributed by atoms with E-state index in [0.29, 0.717) is 19.1 Å². The molecule has 1 atom stereocenters. The van der Waals surface area contributed by atoms with Crippen LogP contribution in [0.3, 0.4) is 0 Å². The molecule has 3 N–H and O–H groups in total. The van der Waals surface area contributed by atoms with Crippen molar-refractivity contribution in [3.05, 3.63) is 0 Å². The SMILES string of the molecule is CCNC(=NCCNC(=O)C(C)C)NC(C)CCCN(CC)CC. The van der Waals surface area contributed by atoms with Crippen LogP contribution < -0.4 is 16.0 Å². The molecule has 0 aliphatic rings. The van der Waals surface area contributed by atoms with Crippen molar-refractivity contribution in [2.24, 2.45) is 10.9 Å². The molecule has 6 heteroatoms. The van der Waals surface area contributed by atoms with Gasteiger partial charge in [-0.1, -0.05) is 27.7 Å². The lowest BCUT2D eigenvalue weighted by molar-refractivity contribution is -0.123. The number of aliphatic imine (C=N–C) groups is 1. The predicted molar refractivity (Wildman–Crippen MR) is 103 cm³/mol. The van der Waals surface area contributed by atoms with Crippen molar-refractivity contribution in [1.29, 1.82) is 0 Å². The number of rotatable bonds is 12. The fraction of sp³-hybridized carbons (Fsp3) is 0.889. The van der Waals surface area contributed by atoms with E-state index in [9.17, 15) is 4.79 Å². The Morgan fingerprint density at radius 2 is 1.75 bits per heavy atom. The van der Waals surface area contributed by atoms with Gasteiger partial charge in [-0.05, 0) is 46.3 Å². The summed E-state index contributed by atoms with van der Waals surface area (Å²) in [5.41, 5.74) is 0. The lowest BCUT2D eigenvalue weighted by Gasteiger charge is -2.21. The molecule has 0 aliphatic carbocycles. The van der Waals surface area contributed by atoms with Crippen LogP contribution in [0.15, 0.2) is 4.99 Å². The van der Waals surface area contributed by atoms with Gasteiger partial charge < -0.3 is 20.9 Å². The van der Waals surface area contributed by atoms with Crippen molar-refractivity contribution in [3.8, 4) is 0 Å². The molecule has 0 bridgehead atoms. The van der Waals surface area contributed by atoms with Gasteiger partial charge in [-0.3, -0.25) is 9.79 Å². The second-order valence-electron chi connectivity index (χ2n) is 6.42. The molecule has 142 valence electrons. The Labute approximate surface area is 148 Å². The average Bonchev–Trinajstić information content (AvgIpc) is 2.55. The fourth-order valence-electron chi connectivity index (χ4n) is 2.34. The summed E-state index contributed by atoms with van der Waals surface area (Å²) >= 11 is 0. The Bertz CT molecular complexity index is 353. The topological polar surface area (TPSA) is 68.8 Å². The number of amides is 1. The van der Waals surface area contributed by atoms with Crippen molar-refractivity contribution in [2.45, 2.75) is 60.4 Å². The predicted octanol–water partition coefficient (Wildman–Crippen LogP) is 1.82. The van der Waals surface area contributed by atoms with Crippen LogP contribution in [-0.4, -0.2) is 62.1 Å². The molecule has 0 spiro atoms.